The van der Waals surface area contributed by atoms with E-state index in [0.29, 0.717) is 23.7 Å². The van der Waals surface area contributed by atoms with Gasteiger partial charge in [-0.3, -0.25) is 0 Å². The highest BCUT2D eigenvalue weighted by molar-refractivity contribution is 5.80. The Morgan fingerprint density at radius 3 is 2.76 bits per heavy atom. The van der Waals surface area contributed by atoms with Crippen LogP contribution in [0.4, 0.5) is 0 Å². The second-order valence-electron chi connectivity index (χ2n) is 5.02. The fourth-order valence-electron chi connectivity index (χ4n) is 2.03. The van der Waals surface area contributed by atoms with Gasteiger partial charge in [-0.15, -0.1) is 0 Å². The second kappa shape index (κ2) is 6.81. The van der Waals surface area contributed by atoms with Crippen LogP contribution in [0, 0.1) is 5.41 Å². The molecule has 5 heteroatoms. The van der Waals surface area contributed by atoms with E-state index in [2.05, 4.69) is 17.4 Å². The van der Waals surface area contributed by atoms with Crippen molar-refractivity contribution in [1.82, 2.24) is 5.32 Å². The van der Waals surface area contributed by atoms with E-state index in [1.165, 1.54) is 12.8 Å². The minimum Gasteiger partial charge on any atom is -0.409 e. The number of hydrogen-bond acceptors (Lipinski definition) is 4. The molecular weight excluding hydrogens is 218 g/mol. The number of nitrogens with zero attached hydrogens (tertiary/aromatic N) is 1. The molecular formula is C12H25N3O2. The van der Waals surface area contributed by atoms with E-state index < -0.39 is 0 Å². The lowest BCUT2D eigenvalue weighted by atomic mass is 10.0. The van der Waals surface area contributed by atoms with Crippen LogP contribution in [-0.4, -0.2) is 37.3 Å². The molecule has 4 N–H and O–H groups in total. The maximum absolute atomic E-state index is 8.55. The van der Waals surface area contributed by atoms with Gasteiger partial charge in [0.2, 0.25) is 0 Å². The molecule has 1 aliphatic rings. The average Bonchev–Trinajstić information content (AvgIpc) is 3.12. The van der Waals surface area contributed by atoms with Gasteiger partial charge < -0.3 is 21.0 Å². The van der Waals surface area contributed by atoms with Crippen LogP contribution in [0.15, 0.2) is 5.16 Å². The first-order valence-corrected chi connectivity index (χ1v) is 6.34. The first-order chi connectivity index (χ1) is 8.15. The molecule has 0 bridgehead atoms. The SMILES string of the molecule is CCC(CC(N)=NO)NCC1(CCOC)CC1. The third-order valence-electron chi connectivity index (χ3n) is 3.64. The van der Waals surface area contributed by atoms with Crippen LogP contribution in [-0.2, 0) is 4.74 Å². The van der Waals surface area contributed by atoms with Crippen LogP contribution in [0.25, 0.3) is 0 Å². The van der Waals surface area contributed by atoms with Gasteiger partial charge in [0.05, 0.1) is 0 Å². The van der Waals surface area contributed by atoms with Gasteiger partial charge in [0, 0.05) is 32.7 Å². The summed E-state index contributed by atoms with van der Waals surface area (Å²) in [7, 11) is 1.75. The van der Waals surface area contributed by atoms with Gasteiger partial charge in [-0.1, -0.05) is 12.1 Å². The van der Waals surface area contributed by atoms with Gasteiger partial charge in [0.1, 0.15) is 5.84 Å². The molecule has 0 amide bonds. The minimum absolute atomic E-state index is 0.297. The predicted octanol–water partition coefficient (Wildman–Crippen LogP) is 1.31. The van der Waals surface area contributed by atoms with Gasteiger partial charge in [0.15, 0.2) is 0 Å². The Morgan fingerprint density at radius 1 is 1.59 bits per heavy atom. The molecule has 1 aliphatic carbocycles. The Hall–Kier alpha value is -0.810. The topological polar surface area (TPSA) is 79.9 Å². The number of oxime groups is 1. The maximum Gasteiger partial charge on any atom is 0.140 e. The molecule has 1 rings (SSSR count). The van der Waals surface area contributed by atoms with Crippen molar-refractivity contribution in [3.8, 4) is 0 Å². The van der Waals surface area contributed by atoms with E-state index >= 15 is 0 Å². The first-order valence-electron chi connectivity index (χ1n) is 6.34. The Kier molecular flexibility index (Phi) is 5.71. The van der Waals surface area contributed by atoms with Gasteiger partial charge in [-0.2, -0.15) is 0 Å². The van der Waals surface area contributed by atoms with Crippen LogP contribution in [0.3, 0.4) is 0 Å². The molecule has 1 atom stereocenters. The summed E-state index contributed by atoms with van der Waals surface area (Å²) in [5, 5.41) is 15.1. The highest BCUT2D eigenvalue weighted by Crippen LogP contribution is 2.48. The number of hydrogen-bond donors (Lipinski definition) is 3. The van der Waals surface area contributed by atoms with Crippen molar-refractivity contribution in [2.24, 2.45) is 16.3 Å². The Labute approximate surface area is 103 Å². The third kappa shape index (κ3) is 4.91. The summed E-state index contributed by atoms with van der Waals surface area (Å²) < 4.78 is 5.13. The summed E-state index contributed by atoms with van der Waals surface area (Å²) in [5.41, 5.74) is 5.96. The van der Waals surface area contributed by atoms with E-state index in [1.54, 1.807) is 7.11 Å². The fraction of sp³-hybridized carbons (Fsp3) is 0.917. The molecule has 0 spiro atoms. The number of ether oxygens (including phenoxy) is 1. The Balaban J connectivity index is 2.27. The molecule has 0 aromatic rings. The lowest BCUT2D eigenvalue weighted by Crippen LogP contribution is -2.37. The van der Waals surface area contributed by atoms with E-state index in [9.17, 15) is 0 Å². The fourth-order valence-corrected chi connectivity index (χ4v) is 2.03. The molecule has 1 unspecified atom stereocenters. The van der Waals surface area contributed by atoms with Crippen molar-refractivity contribution in [2.75, 3.05) is 20.3 Å². The molecule has 0 radical (unpaired) electrons. The van der Waals surface area contributed by atoms with E-state index in [4.69, 9.17) is 15.7 Å². The zero-order valence-electron chi connectivity index (χ0n) is 10.9. The average molecular weight is 243 g/mol. The molecule has 0 aromatic heterocycles. The molecule has 17 heavy (non-hydrogen) atoms. The lowest BCUT2D eigenvalue weighted by Gasteiger charge is -2.21. The van der Waals surface area contributed by atoms with Crippen molar-refractivity contribution < 1.29 is 9.94 Å². The van der Waals surface area contributed by atoms with Gasteiger partial charge in [0.25, 0.3) is 0 Å². The number of methoxy groups -OCH3 is 1. The van der Waals surface area contributed by atoms with Crippen LogP contribution >= 0.6 is 0 Å². The largest absolute Gasteiger partial charge is 0.409 e. The van der Waals surface area contributed by atoms with Crippen LogP contribution < -0.4 is 11.1 Å². The van der Waals surface area contributed by atoms with Crippen molar-refractivity contribution >= 4 is 5.84 Å². The van der Waals surface area contributed by atoms with Gasteiger partial charge in [-0.05, 0) is 31.1 Å². The number of rotatable bonds is 9. The highest BCUT2D eigenvalue weighted by atomic mass is 16.5. The molecule has 0 aromatic carbocycles. The third-order valence-corrected chi connectivity index (χ3v) is 3.64. The zero-order chi connectivity index (χ0) is 12.7. The van der Waals surface area contributed by atoms with Crippen LogP contribution in [0.2, 0.25) is 0 Å². The minimum atomic E-state index is 0.297. The number of nitrogens with one attached hydrogen (secondary N) is 1. The summed E-state index contributed by atoms with van der Waals surface area (Å²) in [6, 6.07) is 0.297. The van der Waals surface area contributed by atoms with E-state index in [-0.39, 0.29) is 0 Å². The molecule has 1 fully saturated rings. The zero-order valence-corrected chi connectivity index (χ0v) is 10.9. The van der Waals surface area contributed by atoms with Crippen LogP contribution in [0.1, 0.15) is 39.0 Å². The van der Waals surface area contributed by atoms with Gasteiger partial charge in [-0.25, -0.2) is 0 Å². The maximum atomic E-state index is 8.55. The molecule has 0 heterocycles. The number of nitrogens with two attached hydrogens (primary N) is 1. The first kappa shape index (κ1) is 14.3. The lowest BCUT2D eigenvalue weighted by molar-refractivity contribution is 0.170. The summed E-state index contributed by atoms with van der Waals surface area (Å²) in [6.07, 6.45) is 5.27. The van der Waals surface area contributed by atoms with E-state index in [1.807, 2.05) is 0 Å². The molecule has 5 nitrogen and oxygen atoms in total. The molecule has 100 valence electrons. The Morgan fingerprint density at radius 2 is 2.29 bits per heavy atom. The summed E-state index contributed by atoms with van der Waals surface area (Å²) in [4.78, 5) is 0. The van der Waals surface area contributed by atoms with Crippen molar-refractivity contribution in [3.05, 3.63) is 0 Å². The summed E-state index contributed by atoms with van der Waals surface area (Å²) in [6.45, 7) is 3.95. The predicted molar refractivity (Wildman–Crippen MR) is 68.3 cm³/mol. The molecule has 0 aliphatic heterocycles. The number of amidine groups is 1. The molecule has 0 saturated heterocycles. The van der Waals surface area contributed by atoms with Crippen molar-refractivity contribution in [1.29, 1.82) is 0 Å². The van der Waals surface area contributed by atoms with Crippen molar-refractivity contribution in [2.45, 2.75) is 45.1 Å². The second-order valence-corrected chi connectivity index (χ2v) is 5.02. The smallest absolute Gasteiger partial charge is 0.140 e. The van der Waals surface area contributed by atoms with Crippen molar-refractivity contribution in [3.63, 3.8) is 0 Å². The summed E-state index contributed by atoms with van der Waals surface area (Å²) >= 11 is 0. The monoisotopic (exact) mass is 243 g/mol. The Bertz CT molecular complexity index is 252. The summed E-state index contributed by atoms with van der Waals surface area (Å²) in [5.74, 6) is 0.297. The normalized spacial score (nSPS) is 20.2. The molecule has 1 saturated carbocycles. The van der Waals surface area contributed by atoms with Gasteiger partial charge >= 0.3 is 0 Å². The quantitative estimate of drug-likeness (QED) is 0.247. The highest BCUT2D eigenvalue weighted by Gasteiger charge is 2.41. The van der Waals surface area contributed by atoms with Crippen LogP contribution in [0.5, 0.6) is 0 Å². The standard InChI is InChI=1S/C12H25N3O2/c1-3-10(8-11(13)15-16)14-9-12(4-5-12)6-7-17-2/h10,14,16H,3-9H2,1-2H3,(H2,13,15). The van der Waals surface area contributed by atoms with E-state index in [0.717, 1.165) is 26.0 Å².